The second-order valence-electron chi connectivity index (χ2n) is 4.34. The molecule has 0 saturated heterocycles. The van der Waals surface area contributed by atoms with Crippen molar-refractivity contribution < 1.29 is 13.6 Å². The standard InChI is InChI=1S/C12H14F2N2O.ClH/c13-12(14)5-10(6-12)16-11(17)9-3-1-8(7-15)2-4-9;/h1-4,10H,5-7,15H2,(H,16,17);1H. The molecule has 1 amide bonds. The van der Waals surface area contributed by atoms with Gasteiger partial charge in [-0.1, -0.05) is 12.1 Å². The fourth-order valence-corrected chi connectivity index (χ4v) is 1.82. The molecular formula is C12H15ClF2N2O. The molecule has 0 heterocycles. The summed E-state index contributed by atoms with van der Waals surface area (Å²) in [6, 6.07) is 6.39. The van der Waals surface area contributed by atoms with Gasteiger partial charge in [0, 0.05) is 31.0 Å². The average Bonchev–Trinajstić information content (AvgIpc) is 2.26. The maximum absolute atomic E-state index is 12.6. The van der Waals surface area contributed by atoms with Crippen LogP contribution in [0.3, 0.4) is 0 Å². The Balaban J connectivity index is 0.00000162. The van der Waals surface area contributed by atoms with Crippen LogP contribution in [0.25, 0.3) is 0 Å². The zero-order valence-corrected chi connectivity index (χ0v) is 10.5. The lowest BCUT2D eigenvalue weighted by Crippen LogP contribution is -2.50. The Morgan fingerprint density at radius 1 is 1.33 bits per heavy atom. The summed E-state index contributed by atoms with van der Waals surface area (Å²) in [5.41, 5.74) is 6.83. The molecule has 0 atom stereocenters. The maximum atomic E-state index is 12.6. The number of amides is 1. The van der Waals surface area contributed by atoms with Crippen LogP contribution in [0.4, 0.5) is 8.78 Å². The molecule has 0 bridgehead atoms. The quantitative estimate of drug-likeness (QED) is 0.888. The number of nitrogens with one attached hydrogen (secondary N) is 1. The van der Waals surface area contributed by atoms with Crippen molar-refractivity contribution in [2.45, 2.75) is 31.4 Å². The van der Waals surface area contributed by atoms with E-state index in [9.17, 15) is 13.6 Å². The highest BCUT2D eigenvalue weighted by molar-refractivity contribution is 5.94. The molecule has 1 fully saturated rings. The SMILES string of the molecule is Cl.NCc1ccc(C(=O)NC2CC(F)(F)C2)cc1. The van der Waals surface area contributed by atoms with E-state index in [1.165, 1.54) is 0 Å². The molecule has 0 spiro atoms. The van der Waals surface area contributed by atoms with Crippen LogP contribution in [-0.2, 0) is 6.54 Å². The second kappa shape index (κ2) is 5.63. The number of alkyl halides is 2. The Labute approximate surface area is 110 Å². The molecule has 1 aliphatic carbocycles. The lowest BCUT2D eigenvalue weighted by molar-refractivity contribution is -0.0901. The number of nitrogens with two attached hydrogens (primary N) is 1. The van der Waals surface area contributed by atoms with Crippen molar-refractivity contribution in [1.82, 2.24) is 5.32 Å². The van der Waals surface area contributed by atoms with E-state index in [0.29, 0.717) is 12.1 Å². The van der Waals surface area contributed by atoms with Crippen LogP contribution < -0.4 is 11.1 Å². The molecule has 0 unspecified atom stereocenters. The van der Waals surface area contributed by atoms with E-state index in [1.807, 2.05) is 0 Å². The molecule has 18 heavy (non-hydrogen) atoms. The summed E-state index contributed by atoms with van der Waals surface area (Å²) in [6.45, 7) is 0.413. The Morgan fingerprint density at radius 2 is 1.89 bits per heavy atom. The molecule has 1 aromatic rings. The maximum Gasteiger partial charge on any atom is 0.252 e. The van der Waals surface area contributed by atoms with Gasteiger partial charge >= 0.3 is 0 Å². The van der Waals surface area contributed by atoms with Gasteiger partial charge in [0.25, 0.3) is 11.8 Å². The van der Waals surface area contributed by atoms with Crippen LogP contribution in [-0.4, -0.2) is 17.9 Å². The van der Waals surface area contributed by atoms with Crippen LogP contribution in [0.2, 0.25) is 0 Å². The third kappa shape index (κ3) is 3.40. The van der Waals surface area contributed by atoms with Gasteiger partial charge in [0.2, 0.25) is 0 Å². The first kappa shape index (κ1) is 14.9. The minimum absolute atomic E-state index is 0. The van der Waals surface area contributed by atoms with E-state index in [1.54, 1.807) is 24.3 Å². The summed E-state index contributed by atoms with van der Waals surface area (Å²) in [5.74, 6) is -2.92. The minimum Gasteiger partial charge on any atom is -0.349 e. The minimum atomic E-state index is -2.61. The van der Waals surface area contributed by atoms with E-state index < -0.39 is 12.0 Å². The number of hydrogen-bond donors (Lipinski definition) is 2. The fraction of sp³-hybridized carbons (Fsp3) is 0.417. The largest absolute Gasteiger partial charge is 0.349 e. The highest BCUT2D eigenvalue weighted by Gasteiger charge is 2.45. The molecule has 100 valence electrons. The summed E-state index contributed by atoms with van der Waals surface area (Å²) >= 11 is 0. The first-order valence-corrected chi connectivity index (χ1v) is 5.48. The summed E-state index contributed by atoms with van der Waals surface area (Å²) in [7, 11) is 0. The molecule has 1 aromatic carbocycles. The average molecular weight is 277 g/mol. The highest BCUT2D eigenvalue weighted by Crippen LogP contribution is 2.37. The van der Waals surface area contributed by atoms with Crippen LogP contribution in [0.1, 0.15) is 28.8 Å². The van der Waals surface area contributed by atoms with Crippen molar-refractivity contribution in [2.24, 2.45) is 5.73 Å². The Hall–Kier alpha value is -1.20. The molecule has 3 nitrogen and oxygen atoms in total. The van der Waals surface area contributed by atoms with Crippen LogP contribution in [0.5, 0.6) is 0 Å². The molecule has 0 radical (unpaired) electrons. The number of carbonyl (C=O) groups is 1. The summed E-state index contributed by atoms with van der Waals surface area (Å²) in [5, 5.41) is 2.58. The molecule has 3 N–H and O–H groups in total. The van der Waals surface area contributed by atoms with Gasteiger partial charge in [0.15, 0.2) is 0 Å². The zero-order valence-electron chi connectivity index (χ0n) is 9.66. The fourth-order valence-electron chi connectivity index (χ4n) is 1.82. The lowest BCUT2D eigenvalue weighted by Gasteiger charge is -2.35. The molecule has 0 aromatic heterocycles. The van der Waals surface area contributed by atoms with Gasteiger partial charge in [-0.2, -0.15) is 0 Å². The van der Waals surface area contributed by atoms with Crippen molar-refractivity contribution in [3.63, 3.8) is 0 Å². The number of carbonyl (C=O) groups excluding carboxylic acids is 1. The first-order chi connectivity index (χ1) is 8.00. The molecule has 1 saturated carbocycles. The van der Waals surface area contributed by atoms with Gasteiger partial charge in [-0.15, -0.1) is 12.4 Å². The van der Waals surface area contributed by atoms with E-state index in [2.05, 4.69) is 5.32 Å². The van der Waals surface area contributed by atoms with Gasteiger partial charge in [-0.3, -0.25) is 4.79 Å². The number of benzene rings is 1. The van der Waals surface area contributed by atoms with E-state index in [-0.39, 0.29) is 31.2 Å². The van der Waals surface area contributed by atoms with E-state index >= 15 is 0 Å². The van der Waals surface area contributed by atoms with Crippen LogP contribution >= 0.6 is 12.4 Å². The lowest BCUT2D eigenvalue weighted by atomic mass is 9.88. The third-order valence-corrected chi connectivity index (χ3v) is 2.88. The van der Waals surface area contributed by atoms with E-state index in [4.69, 9.17) is 5.73 Å². The van der Waals surface area contributed by atoms with Gasteiger partial charge in [0.05, 0.1) is 0 Å². The van der Waals surface area contributed by atoms with E-state index in [0.717, 1.165) is 5.56 Å². The predicted molar refractivity (Wildman–Crippen MR) is 67.0 cm³/mol. The van der Waals surface area contributed by atoms with Gasteiger partial charge < -0.3 is 11.1 Å². The Morgan fingerprint density at radius 3 is 2.33 bits per heavy atom. The van der Waals surface area contributed by atoms with Crippen molar-refractivity contribution in [3.05, 3.63) is 35.4 Å². The third-order valence-electron chi connectivity index (χ3n) is 2.88. The van der Waals surface area contributed by atoms with Crippen molar-refractivity contribution in [3.8, 4) is 0 Å². The van der Waals surface area contributed by atoms with Gasteiger partial charge in [-0.05, 0) is 17.7 Å². The van der Waals surface area contributed by atoms with Gasteiger partial charge in [0.1, 0.15) is 0 Å². The number of hydrogen-bond acceptors (Lipinski definition) is 2. The summed E-state index contributed by atoms with van der Waals surface area (Å²) < 4.78 is 25.1. The topological polar surface area (TPSA) is 55.1 Å². The molecule has 6 heteroatoms. The highest BCUT2D eigenvalue weighted by atomic mass is 35.5. The second-order valence-corrected chi connectivity index (χ2v) is 4.34. The van der Waals surface area contributed by atoms with Crippen LogP contribution in [0, 0.1) is 0 Å². The van der Waals surface area contributed by atoms with Gasteiger partial charge in [-0.25, -0.2) is 8.78 Å². The normalized spacial score (nSPS) is 17.5. The van der Waals surface area contributed by atoms with Crippen molar-refractivity contribution in [1.29, 1.82) is 0 Å². The molecule has 0 aliphatic heterocycles. The van der Waals surface area contributed by atoms with Crippen LogP contribution in [0.15, 0.2) is 24.3 Å². The molecule has 2 rings (SSSR count). The molecule has 1 aliphatic rings. The first-order valence-electron chi connectivity index (χ1n) is 5.48. The summed E-state index contributed by atoms with van der Waals surface area (Å²) in [6.07, 6.45) is -0.529. The smallest absolute Gasteiger partial charge is 0.252 e. The summed E-state index contributed by atoms with van der Waals surface area (Å²) in [4.78, 5) is 11.7. The number of rotatable bonds is 3. The van der Waals surface area contributed by atoms with Crippen molar-refractivity contribution in [2.75, 3.05) is 0 Å². The van der Waals surface area contributed by atoms with Crippen molar-refractivity contribution >= 4 is 18.3 Å². The number of halogens is 3. The Bertz CT molecular complexity index is 415. The predicted octanol–water partition coefficient (Wildman–Crippen LogP) is 2.09. The Kier molecular flexibility index (Phi) is 4.65. The molecular weight excluding hydrogens is 262 g/mol. The monoisotopic (exact) mass is 276 g/mol. The zero-order chi connectivity index (χ0) is 12.5.